The Kier molecular flexibility index (Phi) is 5.36. The Morgan fingerprint density at radius 2 is 2.05 bits per heavy atom. The van der Waals surface area contributed by atoms with Crippen molar-refractivity contribution in [2.75, 3.05) is 26.4 Å². The summed E-state index contributed by atoms with van der Waals surface area (Å²) in [5.74, 6) is -0.351. The normalized spacial score (nSPS) is 10.1. The Balaban J connectivity index is 2.62. The summed E-state index contributed by atoms with van der Waals surface area (Å²) < 4.78 is 4.55. The van der Waals surface area contributed by atoms with Gasteiger partial charge in [-0.05, 0) is 31.0 Å². The van der Waals surface area contributed by atoms with Crippen molar-refractivity contribution in [3.8, 4) is 0 Å². The van der Waals surface area contributed by atoms with Gasteiger partial charge in [-0.15, -0.1) is 0 Å². The molecule has 0 aliphatic rings. The number of ether oxygens (including phenoxy) is 1. The van der Waals surface area contributed by atoms with Crippen molar-refractivity contribution in [2.24, 2.45) is 0 Å². The van der Waals surface area contributed by atoms with Crippen molar-refractivity contribution < 1.29 is 14.3 Å². The maximum Gasteiger partial charge on any atom is 0.305 e. The Labute approximate surface area is 113 Å². The van der Waals surface area contributed by atoms with Crippen molar-refractivity contribution in [3.63, 3.8) is 0 Å². The second-order valence-electron chi connectivity index (χ2n) is 4.43. The molecule has 0 saturated carbocycles. The molecule has 0 aliphatic carbocycles. The molecule has 1 aromatic rings. The molecule has 0 saturated heterocycles. The number of hydrogen-bond acceptors (Lipinski definition) is 4. The molecule has 19 heavy (non-hydrogen) atoms. The van der Waals surface area contributed by atoms with Gasteiger partial charge in [0.05, 0.1) is 7.11 Å². The highest BCUT2D eigenvalue weighted by molar-refractivity contribution is 5.96. The van der Waals surface area contributed by atoms with E-state index in [0.29, 0.717) is 30.6 Å². The molecule has 0 aliphatic heterocycles. The highest BCUT2D eigenvalue weighted by Gasteiger charge is 2.15. The molecule has 1 rings (SSSR count). The summed E-state index contributed by atoms with van der Waals surface area (Å²) in [5.41, 5.74) is 7.77. The molecule has 1 aromatic carbocycles. The number of anilines is 1. The van der Waals surface area contributed by atoms with Crippen LogP contribution in [0.15, 0.2) is 18.2 Å². The van der Waals surface area contributed by atoms with Crippen LogP contribution in [0.5, 0.6) is 0 Å². The van der Waals surface area contributed by atoms with Gasteiger partial charge < -0.3 is 15.4 Å². The number of carbonyl (C=O) groups is 2. The second kappa shape index (κ2) is 6.78. The van der Waals surface area contributed by atoms with Crippen LogP contribution in [0.1, 0.15) is 28.8 Å². The number of hydrogen-bond donors (Lipinski definition) is 1. The van der Waals surface area contributed by atoms with Crippen molar-refractivity contribution >= 4 is 17.6 Å². The summed E-state index contributed by atoms with van der Waals surface area (Å²) in [7, 11) is 3.07. The molecule has 0 heterocycles. The van der Waals surface area contributed by atoms with Gasteiger partial charge in [0.15, 0.2) is 0 Å². The summed E-state index contributed by atoms with van der Waals surface area (Å²) in [5, 5.41) is 0. The lowest BCUT2D eigenvalue weighted by atomic mass is 10.1. The van der Waals surface area contributed by atoms with Gasteiger partial charge in [-0.25, -0.2) is 0 Å². The minimum absolute atomic E-state index is 0.0883. The average Bonchev–Trinajstić information content (AvgIpc) is 2.40. The zero-order chi connectivity index (χ0) is 14.4. The number of carbonyl (C=O) groups excluding carboxylic acids is 2. The van der Waals surface area contributed by atoms with Gasteiger partial charge in [-0.3, -0.25) is 9.59 Å². The number of methoxy groups -OCH3 is 1. The van der Waals surface area contributed by atoms with Crippen LogP contribution in [0.25, 0.3) is 0 Å². The van der Waals surface area contributed by atoms with E-state index in [4.69, 9.17) is 5.73 Å². The van der Waals surface area contributed by atoms with Crippen molar-refractivity contribution in [1.82, 2.24) is 4.90 Å². The fraction of sp³-hybridized carbons (Fsp3) is 0.429. The number of nitrogens with zero attached hydrogens (tertiary/aromatic N) is 1. The highest BCUT2D eigenvalue weighted by atomic mass is 16.5. The summed E-state index contributed by atoms with van der Waals surface area (Å²) in [6, 6.07) is 5.28. The third-order valence-electron chi connectivity index (χ3n) is 3.05. The first-order valence-corrected chi connectivity index (χ1v) is 6.14. The minimum Gasteiger partial charge on any atom is -0.469 e. The van der Waals surface area contributed by atoms with Gasteiger partial charge >= 0.3 is 5.97 Å². The minimum atomic E-state index is -0.263. The largest absolute Gasteiger partial charge is 0.469 e. The number of nitrogen functional groups attached to an aromatic ring is 1. The molecule has 104 valence electrons. The van der Waals surface area contributed by atoms with Crippen LogP contribution in [-0.2, 0) is 9.53 Å². The van der Waals surface area contributed by atoms with Gasteiger partial charge in [0.25, 0.3) is 5.91 Å². The van der Waals surface area contributed by atoms with Crippen LogP contribution in [-0.4, -0.2) is 37.5 Å². The van der Waals surface area contributed by atoms with E-state index in [1.165, 1.54) is 7.11 Å². The van der Waals surface area contributed by atoms with Crippen LogP contribution in [0, 0.1) is 6.92 Å². The smallest absolute Gasteiger partial charge is 0.305 e. The fourth-order valence-corrected chi connectivity index (χ4v) is 1.75. The highest BCUT2D eigenvalue weighted by Crippen LogP contribution is 2.17. The predicted octanol–water partition coefficient (Wildman–Crippen LogP) is 1.60. The number of amides is 1. The SMILES string of the molecule is COC(=O)CCCN(C)C(=O)c1cccc(N)c1C. The summed E-state index contributed by atoms with van der Waals surface area (Å²) in [4.78, 5) is 24.8. The van der Waals surface area contributed by atoms with Gasteiger partial charge in [-0.2, -0.15) is 0 Å². The zero-order valence-electron chi connectivity index (χ0n) is 11.6. The monoisotopic (exact) mass is 264 g/mol. The van der Waals surface area contributed by atoms with Crippen LogP contribution in [0.4, 0.5) is 5.69 Å². The predicted molar refractivity (Wildman–Crippen MR) is 73.8 cm³/mol. The Hall–Kier alpha value is -2.04. The molecule has 0 aromatic heterocycles. The first-order valence-electron chi connectivity index (χ1n) is 6.14. The summed E-state index contributed by atoms with van der Waals surface area (Å²) >= 11 is 0. The van der Waals surface area contributed by atoms with Crippen molar-refractivity contribution in [1.29, 1.82) is 0 Å². The first-order chi connectivity index (χ1) is 8.97. The van der Waals surface area contributed by atoms with Gasteiger partial charge in [0, 0.05) is 31.3 Å². The topological polar surface area (TPSA) is 72.6 Å². The molecule has 0 unspecified atom stereocenters. The molecule has 1 amide bonds. The molecule has 0 bridgehead atoms. The molecule has 0 spiro atoms. The van der Waals surface area contributed by atoms with Crippen LogP contribution < -0.4 is 5.73 Å². The Bertz CT molecular complexity index is 472. The zero-order valence-corrected chi connectivity index (χ0v) is 11.6. The van der Waals surface area contributed by atoms with E-state index in [9.17, 15) is 9.59 Å². The van der Waals surface area contributed by atoms with E-state index < -0.39 is 0 Å². The van der Waals surface area contributed by atoms with E-state index in [2.05, 4.69) is 4.74 Å². The van der Waals surface area contributed by atoms with E-state index in [1.807, 2.05) is 6.92 Å². The molecule has 5 nitrogen and oxygen atoms in total. The lowest BCUT2D eigenvalue weighted by Gasteiger charge is -2.18. The van der Waals surface area contributed by atoms with E-state index in [1.54, 1.807) is 30.1 Å². The quantitative estimate of drug-likeness (QED) is 0.647. The molecular weight excluding hydrogens is 244 g/mol. The Morgan fingerprint density at radius 1 is 1.37 bits per heavy atom. The average molecular weight is 264 g/mol. The third-order valence-corrected chi connectivity index (χ3v) is 3.05. The number of esters is 1. The lowest BCUT2D eigenvalue weighted by molar-refractivity contribution is -0.140. The lowest BCUT2D eigenvalue weighted by Crippen LogP contribution is -2.28. The number of benzene rings is 1. The van der Waals surface area contributed by atoms with Gasteiger partial charge in [-0.1, -0.05) is 6.07 Å². The number of rotatable bonds is 5. The van der Waals surface area contributed by atoms with E-state index in [0.717, 1.165) is 5.56 Å². The van der Waals surface area contributed by atoms with Crippen LogP contribution >= 0.6 is 0 Å². The van der Waals surface area contributed by atoms with Crippen molar-refractivity contribution in [2.45, 2.75) is 19.8 Å². The number of nitrogens with two attached hydrogens (primary N) is 1. The van der Waals surface area contributed by atoms with Gasteiger partial charge in [0.2, 0.25) is 0 Å². The summed E-state index contributed by atoms with van der Waals surface area (Å²) in [6.45, 7) is 2.33. The third kappa shape index (κ3) is 3.98. The fourth-order valence-electron chi connectivity index (χ4n) is 1.75. The standard InChI is InChI=1S/C14H20N2O3/c1-10-11(6-4-7-12(10)15)14(18)16(2)9-5-8-13(17)19-3/h4,6-7H,5,8-9,15H2,1-3H3. The van der Waals surface area contributed by atoms with Gasteiger partial charge in [0.1, 0.15) is 0 Å². The molecule has 0 radical (unpaired) electrons. The molecule has 5 heteroatoms. The maximum absolute atomic E-state index is 12.2. The van der Waals surface area contributed by atoms with E-state index >= 15 is 0 Å². The molecule has 0 atom stereocenters. The molecular formula is C14H20N2O3. The summed E-state index contributed by atoms with van der Waals surface area (Å²) in [6.07, 6.45) is 0.889. The Morgan fingerprint density at radius 3 is 2.68 bits per heavy atom. The van der Waals surface area contributed by atoms with Crippen molar-refractivity contribution in [3.05, 3.63) is 29.3 Å². The van der Waals surface area contributed by atoms with Crippen LogP contribution in [0.3, 0.4) is 0 Å². The van der Waals surface area contributed by atoms with E-state index in [-0.39, 0.29) is 11.9 Å². The molecule has 0 fully saturated rings. The second-order valence-corrected chi connectivity index (χ2v) is 4.43. The maximum atomic E-state index is 12.2. The first kappa shape index (κ1) is 15.0. The van der Waals surface area contributed by atoms with Crippen LogP contribution in [0.2, 0.25) is 0 Å². The molecule has 2 N–H and O–H groups in total.